The molecule has 16 heavy (non-hydrogen) atoms. The van der Waals surface area contributed by atoms with E-state index in [0.29, 0.717) is 13.1 Å². The largest absolute Gasteiger partial charge is 0.314 e. The number of nitrogens with zero attached hydrogens (tertiary/aromatic N) is 1. The third-order valence-electron chi connectivity index (χ3n) is 3.32. The highest BCUT2D eigenvalue weighted by Crippen LogP contribution is 2.25. The molecule has 1 N–H and O–H groups in total. The summed E-state index contributed by atoms with van der Waals surface area (Å²) in [6.07, 6.45) is 2.17. The Morgan fingerprint density at radius 2 is 2.25 bits per heavy atom. The van der Waals surface area contributed by atoms with E-state index >= 15 is 0 Å². The number of rotatable bonds is 1. The Kier molecular flexibility index (Phi) is 4.15. The third-order valence-corrected chi connectivity index (χ3v) is 6.84. The van der Waals surface area contributed by atoms with E-state index in [1.54, 1.807) is 11.2 Å². The summed E-state index contributed by atoms with van der Waals surface area (Å²) in [7, 11) is -3.08. The molecular formula is C10H20N2O2S2. The smallest absolute Gasteiger partial charge is 0.218 e. The first-order valence-electron chi connectivity index (χ1n) is 5.91. The lowest BCUT2D eigenvalue weighted by Crippen LogP contribution is -2.46. The second kappa shape index (κ2) is 5.25. The summed E-state index contributed by atoms with van der Waals surface area (Å²) < 4.78 is 26.4. The summed E-state index contributed by atoms with van der Waals surface area (Å²) in [5.74, 6) is 2.14. The Morgan fingerprint density at radius 3 is 2.94 bits per heavy atom. The van der Waals surface area contributed by atoms with Crippen LogP contribution in [-0.2, 0) is 10.0 Å². The predicted octanol–water partition coefficient (Wildman–Crippen LogP) is 0.505. The highest BCUT2D eigenvalue weighted by Gasteiger charge is 2.36. The van der Waals surface area contributed by atoms with E-state index in [4.69, 9.17) is 0 Å². The molecule has 0 radical (unpaired) electrons. The van der Waals surface area contributed by atoms with Gasteiger partial charge in [-0.1, -0.05) is 0 Å². The standard InChI is InChI=1S/C10H20N2O2S2/c1-9-7-11-4-5-12(16(9,13)14)10-3-2-6-15-8-10/h9-11H,2-8H2,1H3. The number of hydrogen-bond acceptors (Lipinski definition) is 4. The van der Waals surface area contributed by atoms with Gasteiger partial charge in [0.15, 0.2) is 0 Å². The molecule has 0 saturated carbocycles. The Hall–Kier alpha value is 0.220. The molecule has 0 spiro atoms. The molecular weight excluding hydrogens is 244 g/mol. The van der Waals surface area contributed by atoms with Crippen LogP contribution in [0.25, 0.3) is 0 Å². The quantitative estimate of drug-likeness (QED) is 0.749. The molecule has 2 heterocycles. The van der Waals surface area contributed by atoms with Gasteiger partial charge in [0.1, 0.15) is 0 Å². The molecule has 0 amide bonds. The molecule has 4 nitrogen and oxygen atoms in total. The molecule has 0 aromatic heterocycles. The van der Waals surface area contributed by atoms with Gasteiger partial charge < -0.3 is 5.32 Å². The molecule has 0 aromatic rings. The van der Waals surface area contributed by atoms with E-state index in [0.717, 1.165) is 25.1 Å². The molecule has 2 saturated heterocycles. The van der Waals surface area contributed by atoms with Gasteiger partial charge in [-0.2, -0.15) is 16.1 Å². The topological polar surface area (TPSA) is 49.4 Å². The van der Waals surface area contributed by atoms with Crippen molar-refractivity contribution in [3.8, 4) is 0 Å². The lowest BCUT2D eigenvalue weighted by atomic mass is 10.2. The zero-order valence-electron chi connectivity index (χ0n) is 9.68. The number of thioether (sulfide) groups is 1. The number of nitrogens with one attached hydrogen (secondary N) is 1. The summed E-state index contributed by atoms with van der Waals surface area (Å²) in [6, 6.07) is 0.228. The molecule has 0 aromatic carbocycles. The van der Waals surface area contributed by atoms with E-state index < -0.39 is 10.0 Å². The van der Waals surface area contributed by atoms with Crippen LogP contribution in [-0.4, -0.2) is 55.2 Å². The molecule has 94 valence electrons. The van der Waals surface area contributed by atoms with Crippen LogP contribution in [0.2, 0.25) is 0 Å². The van der Waals surface area contributed by atoms with Crippen molar-refractivity contribution >= 4 is 21.8 Å². The molecule has 2 aliphatic heterocycles. The maximum atomic E-state index is 12.3. The average Bonchev–Trinajstić information content (AvgIpc) is 2.41. The maximum absolute atomic E-state index is 12.3. The van der Waals surface area contributed by atoms with Gasteiger partial charge in [-0.3, -0.25) is 0 Å². The first kappa shape index (κ1) is 12.7. The molecule has 0 aliphatic carbocycles. The van der Waals surface area contributed by atoms with E-state index in [9.17, 15) is 8.42 Å². The molecule has 2 atom stereocenters. The van der Waals surface area contributed by atoms with Crippen molar-refractivity contribution in [1.29, 1.82) is 0 Å². The van der Waals surface area contributed by atoms with Gasteiger partial charge >= 0.3 is 0 Å². The molecule has 2 rings (SSSR count). The Bertz CT molecular complexity index is 326. The fourth-order valence-corrected chi connectivity index (χ4v) is 5.28. The van der Waals surface area contributed by atoms with E-state index in [1.807, 2.05) is 11.8 Å². The van der Waals surface area contributed by atoms with Gasteiger partial charge in [-0.05, 0) is 25.5 Å². The van der Waals surface area contributed by atoms with Crippen LogP contribution in [0.4, 0.5) is 0 Å². The van der Waals surface area contributed by atoms with Crippen molar-refractivity contribution in [2.75, 3.05) is 31.1 Å². The van der Waals surface area contributed by atoms with Crippen LogP contribution < -0.4 is 5.32 Å². The lowest BCUT2D eigenvalue weighted by Gasteiger charge is -2.33. The lowest BCUT2D eigenvalue weighted by molar-refractivity contribution is 0.326. The Labute approximate surface area is 102 Å². The number of hydrogen-bond donors (Lipinski definition) is 1. The average molecular weight is 264 g/mol. The van der Waals surface area contributed by atoms with Crippen LogP contribution in [0.5, 0.6) is 0 Å². The second-order valence-electron chi connectivity index (χ2n) is 4.54. The fourth-order valence-electron chi connectivity index (χ4n) is 2.30. The minimum absolute atomic E-state index is 0.228. The van der Waals surface area contributed by atoms with Gasteiger partial charge in [0.25, 0.3) is 0 Å². The predicted molar refractivity (Wildman–Crippen MR) is 68.3 cm³/mol. The van der Waals surface area contributed by atoms with Crippen LogP contribution >= 0.6 is 11.8 Å². The second-order valence-corrected chi connectivity index (χ2v) is 7.99. The van der Waals surface area contributed by atoms with E-state index in [1.165, 1.54) is 5.75 Å². The SMILES string of the molecule is CC1CNCCN(C2CCCSC2)S1(=O)=O. The Balaban J connectivity index is 2.16. The van der Waals surface area contributed by atoms with Gasteiger partial charge in [-0.25, -0.2) is 8.42 Å². The summed E-state index contributed by atoms with van der Waals surface area (Å²) >= 11 is 1.88. The zero-order valence-corrected chi connectivity index (χ0v) is 11.3. The monoisotopic (exact) mass is 264 g/mol. The highest BCUT2D eigenvalue weighted by atomic mass is 32.2. The molecule has 2 unspecified atom stereocenters. The molecule has 0 bridgehead atoms. The van der Waals surface area contributed by atoms with Crippen molar-refractivity contribution in [2.45, 2.75) is 31.1 Å². The number of sulfonamides is 1. The van der Waals surface area contributed by atoms with Crippen LogP contribution in [0.15, 0.2) is 0 Å². The summed E-state index contributed by atoms with van der Waals surface area (Å²) in [5, 5.41) is 2.90. The first-order valence-corrected chi connectivity index (χ1v) is 8.57. The normalized spacial score (nSPS) is 36.8. The molecule has 2 aliphatic rings. The fraction of sp³-hybridized carbons (Fsp3) is 1.00. The Morgan fingerprint density at radius 1 is 1.44 bits per heavy atom. The van der Waals surface area contributed by atoms with Crippen molar-refractivity contribution in [2.24, 2.45) is 0 Å². The van der Waals surface area contributed by atoms with E-state index in [2.05, 4.69) is 5.32 Å². The third kappa shape index (κ3) is 2.55. The molecule has 2 fully saturated rings. The first-order chi connectivity index (χ1) is 7.62. The zero-order chi connectivity index (χ0) is 11.6. The van der Waals surface area contributed by atoms with Gasteiger partial charge in [0.05, 0.1) is 5.25 Å². The van der Waals surface area contributed by atoms with E-state index in [-0.39, 0.29) is 11.3 Å². The minimum Gasteiger partial charge on any atom is -0.314 e. The van der Waals surface area contributed by atoms with Crippen LogP contribution in [0, 0.1) is 0 Å². The van der Waals surface area contributed by atoms with Gasteiger partial charge in [0.2, 0.25) is 10.0 Å². The van der Waals surface area contributed by atoms with Crippen molar-refractivity contribution in [1.82, 2.24) is 9.62 Å². The summed E-state index contributed by atoms with van der Waals surface area (Å²) in [4.78, 5) is 0. The van der Waals surface area contributed by atoms with Crippen LogP contribution in [0.3, 0.4) is 0 Å². The van der Waals surface area contributed by atoms with Gasteiger partial charge in [0, 0.05) is 31.4 Å². The summed E-state index contributed by atoms with van der Waals surface area (Å²) in [5.41, 5.74) is 0. The summed E-state index contributed by atoms with van der Waals surface area (Å²) in [6.45, 7) is 3.80. The highest BCUT2D eigenvalue weighted by molar-refractivity contribution is 7.99. The minimum atomic E-state index is -3.08. The van der Waals surface area contributed by atoms with Crippen molar-refractivity contribution in [3.05, 3.63) is 0 Å². The van der Waals surface area contributed by atoms with Gasteiger partial charge in [-0.15, -0.1) is 0 Å². The van der Waals surface area contributed by atoms with Crippen molar-refractivity contribution < 1.29 is 8.42 Å². The maximum Gasteiger partial charge on any atom is 0.218 e. The van der Waals surface area contributed by atoms with Crippen molar-refractivity contribution in [3.63, 3.8) is 0 Å². The van der Waals surface area contributed by atoms with Crippen LogP contribution in [0.1, 0.15) is 19.8 Å². The molecule has 6 heteroatoms.